The molecule has 0 radical (unpaired) electrons. The van der Waals surface area contributed by atoms with E-state index >= 15 is 0 Å². The molecular weight excluding hydrogens is 402 g/mol. The number of nitrogens with one attached hydrogen (secondary N) is 1. The van der Waals surface area contributed by atoms with E-state index in [4.69, 9.17) is 21.1 Å². The monoisotopic (exact) mass is 425 g/mol. The quantitative estimate of drug-likeness (QED) is 0.643. The second kappa shape index (κ2) is 8.81. The predicted molar refractivity (Wildman–Crippen MR) is 117 cm³/mol. The van der Waals surface area contributed by atoms with Gasteiger partial charge in [-0.15, -0.1) is 0 Å². The molecule has 3 aromatic rings. The van der Waals surface area contributed by atoms with Gasteiger partial charge in [0.2, 0.25) is 5.91 Å². The Hall–Kier alpha value is -2.96. The smallest absolute Gasteiger partial charge is 0.238 e. The number of fused-ring (bicyclic) bond motifs is 1. The number of halogens is 1. The first kappa shape index (κ1) is 20.3. The average molecular weight is 426 g/mol. The van der Waals surface area contributed by atoms with Crippen LogP contribution in [0.15, 0.2) is 60.8 Å². The number of hydrogen-bond acceptors (Lipinski definition) is 4. The molecule has 0 aliphatic carbocycles. The second-order valence-corrected chi connectivity index (χ2v) is 7.55. The zero-order valence-corrected chi connectivity index (χ0v) is 17.7. The van der Waals surface area contributed by atoms with Crippen LogP contribution in [0.3, 0.4) is 0 Å². The van der Waals surface area contributed by atoms with Gasteiger partial charge in [-0.1, -0.05) is 41.9 Å². The van der Waals surface area contributed by atoms with Crippen LogP contribution >= 0.6 is 11.6 Å². The van der Waals surface area contributed by atoms with Crippen LogP contribution in [0.25, 0.3) is 0 Å². The molecule has 1 unspecified atom stereocenters. The first-order valence-electron chi connectivity index (χ1n) is 9.76. The van der Waals surface area contributed by atoms with Gasteiger partial charge < -0.3 is 19.4 Å². The molecule has 0 saturated carbocycles. The molecule has 156 valence electrons. The van der Waals surface area contributed by atoms with Crippen LogP contribution in [0.4, 0.5) is 5.69 Å². The Balaban J connectivity index is 1.57. The first-order chi connectivity index (χ1) is 14.6. The summed E-state index contributed by atoms with van der Waals surface area (Å²) < 4.78 is 12.9. The maximum Gasteiger partial charge on any atom is 0.238 e. The summed E-state index contributed by atoms with van der Waals surface area (Å²) in [6.45, 7) is 1.87. The molecule has 1 aromatic heterocycles. The SMILES string of the molecule is COc1cc(NC(=O)CN2CCn3cccc3C2c2ccccc2)c(OC)cc1Cl. The molecular formula is C23H24ClN3O3. The van der Waals surface area contributed by atoms with Crippen LogP contribution in [-0.2, 0) is 11.3 Å². The molecule has 0 spiro atoms. The summed E-state index contributed by atoms with van der Waals surface area (Å²) in [5, 5.41) is 3.37. The highest BCUT2D eigenvalue weighted by Crippen LogP contribution is 2.36. The molecule has 2 aromatic carbocycles. The summed E-state index contributed by atoms with van der Waals surface area (Å²) in [6.07, 6.45) is 2.09. The summed E-state index contributed by atoms with van der Waals surface area (Å²) in [6, 6.07) is 17.8. The summed E-state index contributed by atoms with van der Waals surface area (Å²) in [4.78, 5) is 15.2. The van der Waals surface area contributed by atoms with E-state index in [0.717, 1.165) is 18.7 Å². The van der Waals surface area contributed by atoms with Crippen LogP contribution in [0, 0.1) is 0 Å². The molecule has 30 heavy (non-hydrogen) atoms. The minimum Gasteiger partial charge on any atom is -0.495 e. The molecule has 0 fully saturated rings. The Morgan fingerprint density at radius 3 is 2.57 bits per heavy atom. The lowest BCUT2D eigenvalue weighted by atomic mass is 10.00. The second-order valence-electron chi connectivity index (χ2n) is 7.15. The number of amides is 1. The minimum absolute atomic E-state index is 0.0161. The minimum atomic E-state index is -0.126. The van der Waals surface area contributed by atoms with Crippen molar-refractivity contribution in [2.75, 3.05) is 32.6 Å². The van der Waals surface area contributed by atoms with E-state index in [-0.39, 0.29) is 18.5 Å². The Kier molecular flexibility index (Phi) is 5.97. The average Bonchev–Trinajstić information content (AvgIpc) is 3.23. The molecule has 0 saturated heterocycles. The van der Waals surface area contributed by atoms with Crippen molar-refractivity contribution in [1.82, 2.24) is 9.47 Å². The van der Waals surface area contributed by atoms with Gasteiger partial charge in [0.05, 0.1) is 37.5 Å². The fourth-order valence-corrected chi connectivity index (χ4v) is 4.18. The molecule has 4 rings (SSSR count). The molecule has 1 N–H and O–H groups in total. The van der Waals surface area contributed by atoms with Gasteiger partial charge in [-0.3, -0.25) is 9.69 Å². The van der Waals surface area contributed by atoms with Crippen molar-refractivity contribution in [3.63, 3.8) is 0 Å². The Bertz CT molecular complexity index is 1040. The third kappa shape index (κ3) is 4.01. The number of benzene rings is 2. The van der Waals surface area contributed by atoms with Gasteiger partial charge in [-0.05, 0) is 17.7 Å². The van der Waals surface area contributed by atoms with E-state index in [1.165, 1.54) is 19.9 Å². The summed E-state index contributed by atoms with van der Waals surface area (Å²) in [5.41, 5.74) is 2.88. The molecule has 2 heterocycles. The topological polar surface area (TPSA) is 55.7 Å². The lowest BCUT2D eigenvalue weighted by Crippen LogP contribution is -2.42. The van der Waals surface area contributed by atoms with Crippen molar-refractivity contribution in [2.24, 2.45) is 0 Å². The summed E-state index contributed by atoms with van der Waals surface area (Å²) in [5.74, 6) is 0.839. The van der Waals surface area contributed by atoms with E-state index in [9.17, 15) is 4.79 Å². The number of methoxy groups -OCH3 is 2. The molecule has 1 aliphatic heterocycles. The standard InChI is InChI=1S/C23H24ClN3O3/c1-29-20-14-18(21(30-2)13-17(20)24)25-22(28)15-27-12-11-26-10-6-9-19(26)23(27)16-7-4-3-5-8-16/h3-10,13-14,23H,11-12,15H2,1-2H3,(H,25,28). The van der Waals surface area contributed by atoms with Crippen molar-refractivity contribution < 1.29 is 14.3 Å². The number of carbonyl (C=O) groups is 1. The van der Waals surface area contributed by atoms with E-state index in [1.54, 1.807) is 12.1 Å². The number of nitrogens with zero attached hydrogens (tertiary/aromatic N) is 2. The first-order valence-corrected chi connectivity index (χ1v) is 10.1. The van der Waals surface area contributed by atoms with Gasteiger partial charge in [0.25, 0.3) is 0 Å². The zero-order valence-electron chi connectivity index (χ0n) is 17.0. The molecule has 0 bridgehead atoms. The third-order valence-electron chi connectivity index (χ3n) is 5.35. The van der Waals surface area contributed by atoms with E-state index < -0.39 is 0 Å². The van der Waals surface area contributed by atoms with Gasteiger partial charge in [-0.25, -0.2) is 0 Å². The maximum atomic E-state index is 13.0. The third-order valence-corrected chi connectivity index (χ3v) is 5.64. The molecule has 6 nitrogen and oxygen atoms in total. The van der Waals surface area contributed by atoms with Crippen LogP contribution in [-0.4, -0.2) is 42.7 Å². The van der Waals surface area contributed by atoms with Gasteiger partial charge in [-0.2, -0.15) is 0 Å². The van der Waals surface area contributed by atoms with Crippen LogP contribution in [0.5, 0.6) is 11.5 Å². The van der Waals surface area contributed by atoms with Gasteiger partial charge in [0.15, 0.2) is 0 Å². The van der Waals surface area contributed by atoms with Crippen molar-refractivity contribution >= 4 is 23.2 Å². The van der Waals surface area contributed by atoms with Gasteiger partial charge in [0, 0.05) is 37.1 Å². The Morgan fingerprint density at radius 1 is 1.07 bits per heavy atom. The number of rotatable bonds is 6. The number of hydrogen-bond donors (Lipinski definition) is 1. The van der Waals surface area contributed by atoms with Crippen LogP contribution in [0.2, 0.25) is 5.02 Å². The Morgan fingerprint density at radius 2 is 1.83 bits per heavy atom. The largest absolute Gasteiger partial charge is 0.495 e. The highest BCUT2D eigenvalue weighted by molar-refractivity contribution is 6.32. The van der Waals surface area contributed by atoms with Crippen LogP contribution < -0.4 is 14.8 Å². The van der Waals surface area contributed by atoms with E-state index in [2.05, 4.69) is 45.2 Å². The van der Waals surface area contributed by atoms with Crippen molar-refractivity contribution in [3.05, 3.63) is 77.1 Å². The van der Waals surface area contributed by atoms with Gasteiger partial charge >= 0.3 is 0 Å². The van der Waals surface area contributed by atoms with E-state index in [0.29, 0.717) is 22.2 Å². The normalized spacial score (nSPS) is 16.0. The predicted octanol–water partition coefficient (Wildman–Crippen LogP) is 4.20. The molecule has 1 aliphatic rings. The van der Waals surface area contributed by atoms with Crippen molar-refractivity contribution in [3.8, 4) is 11.5 Å². The van der Waals surface area contributed by atoms with Gasteiger partial charge in [0.1, 0.15) is 11.5 Å². The number of carbonyl (C=O) groups excluding carboxylic acids is 1. The summed E-state index contributed by atoms with van der Waals surface area (Å²) in [7, 11) is 3.07. The molecule has 1 amide bonds. The van der Waals surface area contributed by atoms with Crippen molar-refractivity contribution in [1.29, 1.82) is 0 Å². The number of ether oxygens (including phenoxy) is 2. The van der Waals surface area contributed by atoms with Crippen LogP contribution in [0.1, 0.15) is 17.3 Å². The summed E-state index contributed by atoms with van der Waals surface area (Å²) >= 11 is 6.17. The van der Waals surface area contributed by atoms with Crippen molar-refractivity contribution in [2.45, 2.75) is 12.6 Å². The molecule has 7 heteroatoms. The maximum absolute atomic E-state index is 13.0. The number of aromatic nitrogens is 1. The molecule has 1 atom stereocenters. The zero-order chi connectivity index (χ0) is 21.1. The highest BCUT2D eigenvalue weighted by Gasteiger charge is 2.30. The fraction of sp³-hybridized carbons (Fsp3) is 0.261. The lowest BCUT2D eigenvalue weighted by molar-refractivity contribution is -0.118. The Labute approximate surface area is 181 Å². The lowest BCUT2D eigenvalue weighted by Gasteiger charge is -2.36. The van der Waals surface area contributed by atoms with E-state index in [1.807, 2.05) is 18.2 Å². The number of anilines is 1. The fourth-order valence-electron chi connectivity index (χ4n) is 3.95. The highest BCUT2D eigenvalue weighted by atomic mass is 35.5.